The molecule has 0 fully saturated rings. The van der Waals surface area contributed by atoms with E-state index in [-0.39, 0.29) is 12.4 Å². The van der Waals surface area contributed by atoms with Crippen LogP contribution in [0.2, 0.25) is 0 Å². The van der Waals surface area contributed by atoms with E-state index in [0.29, 0.717) is 5.76 Å². The Morgan fingerprint density at radius 3 is 3.00 bits per heavy atom. The van der Waals surface area contributed by atoms with Crippen LogP contribution in [0.3, 0.4) is 0 Å². The summed E-state index contributed by atoms with van der Waals surface area (Å²) < 4.78 is 9.50. The monoisotopic (exact) mass is 184 g/mol. The second kappa shape index (κ2) is 3.57. The topological polar surface area (TPSA) is 78.4 Å². The fraction of sp³-hybridized carbons (Fsp3) is 0.500. The van der Waals surface area contributed by atoms with Crippen LogP contribution in [-0.4, -0.2) is 18.1 Å². The number of esters is 1. The number of carbonyl (C=O) groups excluding carboxylic acids is 1. The van der Waals surface area contributed by atoms with Crippen molar-refractivity contribution in [3.63, 3.8) is 0 Å². The molecule has 0 aliphatic heterocycles. The number of rotatable bonds is 3. The Bertz CT molecular complexity index is 280. The lowest BCUT2D eigenvalue weighted by Crippen LogP contribution is -2.35. The fourth-order valence-electron chi connectivity index (χ4n) is 0.957. The highest BCUT2D eigenvalue weighted by Crippen LogP contribution is 2.20. The molecule has 5 nitrogen and oxygen atoms in total. The van der Waals surface area contributed by atoms with Crippen LogP contribution in [0.4, 0.5) is 0 Å². The van der Waals surface area contributed by atoms with Crippen LogP contribution in [0, 0.1) is 0 Å². The fourth-order valence-corrected chi connectivity index (χ4v) is 0.957. The highest BCUT2D eigenvalue weighted by Gasteiger charge is 2.28. The van der Waals surface area contributed by atoms with Crippen molar-refractivity contribution < 1.29 is 13.9 Å². The summed E-state index contributed by atoms with van der Waals surface area (Å²) in [6.45, 7) is 1.68. The molecule has 0 saturated carbocycles. The molecule has 1 rings (SSSR count). The van der Waals surface area contributed by atoms with Crippen molar-refractivity contribution >= 4 is 5.97 Å². The molecule has 0 aliphatic rings. The normalized spacial score (nSPS) is 15.0. The van der Waals surface area contributed by atoms with Crippen molar-refractivity contribution in [1.29, 1.82) is 0 Å². The number of methoxy groups -OCH3 is 1. The Morgan fingerprint density at radius 1 is 1.85 bits per heavy atom. The van der Waals surface area contributed by atoms with Crippen molar-refractivity contribution in [2.45, 2.75) is 18.9 Å². The van der Waals surface area contributed by atoms with E-state index in [4.69, 9.17) is 10.2 Å². The van der Waals surface area contributed by atoms with Crippen LogP contribution < -0.4 is 5.73 Å². The lowest BCUT2D eigenvalue weighted by molar-refractivity contribution is -0.142. The molecular formula is C8H12N2O3. The maximum atomic E-state index is 11.0. The van der Waals surface area contributed by atoms with E-state index in [1.165, 1.54) is 19.7 Å². The number of hydrogen-bond acceptors (Lipinski definition) is 5. The second-order valence-electron chi connectivity index (χ2n) is 3.04. The molecule has 0 spiro atoms. The molecule has 13 heavy (non-hydrogen) atoms. The Kier molecular flexibility index (Phi) is 2.67. The van der Waals surface area contributed by atoms with E-state index >= 15 is 0 Å². The molecular weight excluding hydrogens is 172 g/mol. The third kappa shape index (κ3) is 2.29. The summed E-state index contributed by atoms with van der Waals surface area (Å²) in [5, 5.41) is 0. The Labute approximate surface area is 75.9 Å². The van der Waals surface area contributed by atoms with Gasteiger partial charge in [0, 0.05) is 0 Å². The molecule has 5 heteroatoms. The second-order valence-corrected chi connectivity index (χ2v) is 3.04. The van der Waals surface area contributed by atoms with Crippen LogP contribution in [0.5, 0.6) is 0 Å². The number of hydrogen-bond donors (Lipinski definition) is 1. The van der Waals surface area contributed by atoms with E-state index in [9.17, 15) is 4.79 Å². The van der Waals surface area contributed by atoms with Gasteiger partial charge in [-0.15, -0.1) is 0 Å². The number of nitrogens with two attached hydrogens (primary N) is 1. The third-order valence-corrected chi connectivity index (χ3v) is 1.73. The van der Waals surface area contributed by atoms with Gasteiger partial charge in [0.2, 0.25) is 0 Å². The van der Waals surface area contributed by atoms with E-state index in [0.717, 1.165) is 0 Å². The lowest BCUT2D eigenvalue weighted by Gasteiger charge is -2.19. The number of carbonyl (C=O) groups is 1. The van der Waals surface area contributed by atoms with Crippen LogP contribution >= 0.6 is 0 Å². The summed E-state index contributed by atoms with van der Waals surface area (Å²) >= 11 is 0. The number of aromatic nitrogens is 1. The van der Waals surface area contributed by atoms with Gasteiger partial charge < -0.3 is 14.9 Å². The molecule has 0 bridgehead atoms. The van der Waals surface area contributed by atoms with Gasteiger partial charge in [0.15, 0.2) is 6.39 Å². The van der Waals surface area contributed by atoms with Gasteiger partial charge in [-0.25, -0.2) is 4.98 Å². The maximum Gasteiger partial charge on any atom is 0.307 e. The minimum atomic E-state index is -0.858. The molecule has 1 heterocycles. The first-order chi connectivity index (χ1) is 6.06. The molecule has 0 radical (unpaired) electrons. The minimum Gasteiger partial charge on any atom is -0.469 e. The van der Waals surface area contributed by atoms with E-state index in [1.54, 1.807) is 6.92 Å². The number of oxazole rings is 1. The third-order valence-electron chi connectivity index (χ3n) is 1.73. The van der Waals surface area contributed by atoms with Gasteiger partial charge in [-0.05, 0) is 6.92 Å². The van der Waals surface area contributed by atoms with Crippen LogP contribution in [0.15, 0.2) is 17.0 Å². The molecule has 1 aromatic rings. The zero-order chi connectivity index (χ0) is 9.90. The van der Waals surface area contributed by atoms with Crippen molar-refractivity contribution in [2.75, 3.05) is 7.11 Å². The van der Waals surface area contributed by atoms with Crippen molar-refractivity contribution in [3.8, 4) is 0 Å². The smallest absolute Gasteiger partial charge is 0.307 e. The first-order valence-corrected chi connectivity index (χ1v) is 3.81. The summed E-state index contributed by atoms with van der Waals surface area (Å²) in [4.78, 5) is 14.7. The first kappa shape index (κ1) is 9.73. The molecule has 72 valence electrons. The summed E-state index contributed by atoms with van der Waals surface area (Å²) in [6.07, 6.45) is 2.83. The molecule has 1 unspecified atom stereocenters. The maximum absolute atomic E-state index is 11.0. The van der Waals surface area contributed by atoms with E-state index < -0.39 is 5.54 Å². The van der Waals surface area contributed by atoms with Gasteiger partial charge in [0.1, 0.15) is 5.76 Å². The zero-order valence-electron chi connectivity index (χ0n) is 7.61. The Morgan fingerprint density at radius 2 is 2.54 bits per heavy atom. The Balaban J connectivity index is 2.72. The van der Waals surface area contributed by atoms with Gasteiger partial charge >= 0.3 is 5.97 Å². The summed E-state index contributed by atoms with van der Waals surface area (Å²) in [5.74, 6) is 0.0966. The highest BCUT2D eigenvalue weighted by molar-refractivity contribution is 5.70. The SMILES string of the molecule is COC(=O)CC(C)(N)c1cnco1. The van der Waals surface area contributed by atoms with Crippen LogP contribution in [0.25, 0.3) is 0 Å². The summed E-state index contributed by atoms with van der Waals surface area (Å²) in [6, 6.07) is 0. The first-order valence-electron chi connectivity index (χ1n) is 3.81. The van der Waals surface area contributed by atoms with Gasteiger partial charge in [0.05, 0.1) is 25.3 Å². The largest absolute Gasteiger partial charge is 0.469 e. The molecule has 1 aromatic heterocycles. The van der Waals surface area contributed by atoms with Crippen molar-refractivity contribution in [3.05, 3.63) is 18.4 Å². The van der Waals surface area contributed by atoms with Crippen LogP contribution in [-0.2, 0) is 15.1 Å². The van der Waals surface area contributed by atoms with E-state index in [2.05, 4.69) is 9.72 Å². The van der Waals surface area contributed by atoms with Crippen molar-refractivity contribution in [2.24, 2.45) is 5.73 Å². The minimum absolute atomic E-state index is 0.0681. The van der Waals surface area contributed by atoms with Crippen LogP contribution in [0.1, 0.15) is 19.1 Å². The zero-order valence-corrected chi connectivity index (χ0v) is 7.61. The standard InChI is InChI=1S/C8H12N2O3/c1-8(9,3-7(11)12-2)6-4-10-5-13-6/h4-5H,3,9H2,1-2H3. The predicted octanol–water partition coefficient (Wildman–Crippen LogP) is 0.412. The Hall–Kier alpha value is -1.36. The molecule has 0 aliphatic carbocycles. The van der Waals surface area contributed by atoms with Gasteiger partial charge in [0.25, 0.3) is 0 Å². The van der Waals surface area contributed by atoms with Gasteiger partial charge in [-0.3, -0.25) is 4.79 Å². The average Bonchev–Trinajstić information content (AvgIpc) is 2.55. The molecule has 0 aromatic carbocycles. The molecule has 1 atom stereocenters. The molecule has 0 amide bonds. The highest BCUT2D eigenvalue weighted by atomic mass is 16.5. The molecule has 2 N–H and O–H groups in total. The van der Waals surface area contributed by atoms with Crippen molar-refractivity contribution in [1.82, 2.24) is 4.98 Å². The summed E-state index contributed by atoms with van der Waals surface area (Å²) in [7, 11) is 1.32. The molecule has 0 saturated heterocycles. The average molecular weight is 184 g/mol. The number of ether oxygens (including phenoxy) is 1. The number of nitrogens with zero attached hydrogens (tertiary/aromatic N) is 1. The van der Waals surface area contributed by atoms with Gasteiger partial charge in [-0.1, -0.05) is 0 Å². The quantitative estimate of drug-likeness (QED) is 0.688. The predicted molar refractivity (Wildman–Crippen MR) is 44.7 cm³/mol. The lowest BCUT2D eigenvalue weighted by atomic mass is 9.97. The van der Waals surface area contributed by atoms with Gasteiger partial charge in [-0.2, -0.15) is 0 Å². The summed E-state index contributed by atoms with van der Waals surface area (Å²) in [5.41, 5.74) is 4.97. The van der Waals surface area contributed by atoms with E-state index in [1.807, 2.05) is 0 Å².